The molecule has 154 valence electrons. The molecule has 0 unspecified atom stereocenters. The number of carbonyl (C=O) groups excluding carboxylic acids is 1. The number of nitrogens with zero attached hydrogens (tertiary/aromatic N) is 1. The zero-order valence-electron chi connectivity index (χ0n) is 14.3. The van der Waals surface area contributed by atoms with Gasteiger partial charge in [0.05, 0.1) is 0 Å². The summed E-state index contributed by atoms with van der Waals surface area (Å²) in [6, 6.07) is 8.97. The van der Waals surface area contributed by atoms with Crippen LogP contribution in [0.1, 0.15) is 13.3 Å². The fraction of sp³-hybridized carbons (Fsp3) is 0.438. The van der Waals surface area contributed by atoms with E-state index in [0.717, 1.165) is 4.46 Å². The first-order valence-corrected chi connectivity index (χ1v) is 12.1. The number of amides is 1. The molecule has 0 bridgehead atoms. The molecule has 0 radical (unpaired) electrons. The second-order valence-corrected chi connectivity index (χ2v) is 11.7. The average molecular weight is 549 g/mol. The van der Waals surface area contributed by atoms with Crippen molar-refractivity contribution in [3.63, 3.8) is 0 Å². The van der Waals surface area contributed by atoms with Crippen molar-refractivity contribution in [3.05, 3.63) is 40.6 Å². The average Bonchev–Trinajstić information content (AvgIpc) is 2.91. The number of hydrogen-bond acceptors (Lipinski definition) is 5. The zero-order chi connectivity index (χ0) is 20.7. The van der Waals surface area contributed by atoms with Gasteiger partial charge in [-0.15, -0.1) is 0 Å². The van der Waals surface area contributed by atoms with Crippen molar-refractivity contribution in [2.75, 3.05) is 6.54 Å². The Morgan fingerprint density at radius 3 is 2.57 bits per heavy atom. The van der Waals surface area contributed by atoms with Gasteiger partial charge in [-0.05, 0) is 0 Å². The predicted octanol–water partition coefficient (Wildman–Crippen LogP) is 2.89. The van der Waals surface area contributed by atoms with E-state index in [4.69, 9.17) is 4.74 Å². The molecule has 28 heavy (non-hydrogen) atoms. The molecule has 2 aliphatic heterocycles. The van der Waals surface area contributed by atoms with Crippen molar-refractivity contribution in [2.24, 2.45) is 0 Å². The number of benzene rings is 1. The quantitative estimate of drug-likeness (QED) is 0.321. The molecule has 0 spiro atoms. The molecule has 2 aliphatic rings. The van der Waals surface area contributed by atoms with Crippen LogP contribution >= 0.6 is 15.9 Å². The predicted molar refractivity (Wildman–Crippen MR) is 98.6 cm³/mol. The van der Waals surface area contributed by atoms with Gasteiger partial charge < -0.3 is 0 Å². The molecule has 1 amide bonds. The third-order valence-electron chi connectivity index (χ3n) is 4.28. The van der Waals surface area contributed by atoms with Crippen molar-refractivity contribution in [2.45, 2.75) is 35.8 Å². The van der Waals surface area contributed by atoms with Gasteiger partial charge in [0.1, 0.15) is 0 Å². The first-order chi connectivity index (χ1) is 13.0. The summed E-state index contributed by atoms with van der Waals surface area (Å²) >= 11 is 2.97. The van der Waals surface area contributed by atoms with Crippen LogP contribution in [-0.2, 0) is 19.0 Å². The van der Waals surface area contributed by atoms with E-state index in [1.165, 1.54) is 4.90 Å². The van der Waals surface area contributed by atoms with Gasteiger partial charge in [0, 0.05) is 0 Å². The van der Waals surface area contributed by atoms with Gasteiger partial charge in [-0.2, -0.15) is 0 Å². The Balaban J connectivity index is 1.79. The van der Waals surface area contributed by atoms with Crippen LogP contribution in [0, 0.1) is 0 Å². The molecule has 12 heteroatoms. The van der Waals surface area contributed by atoms with Crippen LogP contribution in [0.4, 0.5) is 18.0 Å². The molecular weight excluding hydrogens is 534 g/mol. The summed E-state index contributed by atoms with van der Waals surface area (Å²) in [6.07, 6.45) is -1.36. The molecule has 3 rings (SSSR count). The maximum absolute atomic E-state index is 12.7. The van der Waals surface area contributed by atoms with Crippen LogP contribution in [0.2, 0.25) is 4.82 Å². The number of fused-ring (bicyclic) bond motifs is 1. The van der Waals surface area contributed by atoms with Crippen molar-refractivity contribution in [3.8, 4) is 0 Å². The Hall–Kier alpha value is -1.23. The summed E-state index contributed by atoms with van der Waals surface area (Å²) in [6.45, 7) is 1.78. The molecule has 1 aromatic carbocycles. The molecule has 1 aromatic rings. The van der Waals surface area contributed by atoms with Gasteiger partial charge in [-0.25, -0.2) is 0 Å². The number of ether oxygens (including phenoxy) is 1. The Morgan fingerprint density at radius 2 is 1.96 bits per heavy atom. The van der Waals surface area contributed by atoms with Crippen molar-refractivity contribution >= 4 is 51.6 Å². The first kappa shape index (κ1) is 21.5. The summed E-state index contributed by atoms with van der Waals surface area (Å²) in [5.74, 6) is -0.360. The second kappa shape index (κ2) is 7.89. The standard InChI is InChI=1S/C16H15BrF3NO5SSe/c1-9(28-10-5-3-2-4-6-10)14-12-7-13(26-27(23,24)16(18,19)20)11(17)8-21(12)15(22)25-14/h2-6,9,12,14H,7-8H2,1H3/t9-,12-,14-/m0/s1. The summed E-state index contributed by atoms with van der Waals surface area (Å²) in [5, 5.41) is 0. The van der Waals surface area contributed by atoms with Crippen molar-refractivity contribution in [1.82, 2.24) is 4.90 Å². The molecule has 0 saturated carbocycles. The van der Waals surface area contributed by atoms with Crippen molar-refractivity contribution in [1.29, 1.82) is 0 Å². The van der Waals surface area contributed by atoms with E-state index in [9.17, 15) is 26.4 Å². The SMILES string of the molecule is C[C@H]([Se]c1ccccc1)[C@@H]1OC(=O)N2CC(Br)=C(OS(=O)(=O)C(F)(F)F)C[C@@H]12. The molecule has 6 nitrogen and oxygen atoms in total. The molecule has 2 heterocycles. The minimum atomic E-state index is -5.79. The molecular formula is C16H15BrF3NO5SSe. The van der Waals surface area contributed by atoms with Crippen molar-refractivity contribution < 1.29 is 35.3 Å². The van der Waals surface area contributed by atoms with Crippen LogP contribution in [-0.4, -0.2) is 58.6 Å². The zero-order valence-corrected chi connectivity index (χ0v) is 18.5. The molecule has 1 saturated heterocycles. The normalized spacial score (nSPS) is 24.0. The minimum absolute atomic E-state index is 0.0559. The van der Waals surface area contributed by atoms with E-state index in [-0.39, 0.29) is 43.0 Å². The van der Waals surface area contributed by atoms with Crippen LogP contribution in [0.25, 0.3) is 0 Å². The van der Waals surface area contributed by atoms with Gasteiger partial charge in [0.25, 0.3) is 0 Å². The van der Waals surface area contributed by atoms with Gasteiger partial charge in [0.2, 0.25) is 0 Å². The number of halogens is 4. The molecule has 3 atom stereocenters. The van der Waals surface area contributed by atoms with Crippen LogP contribution in [0.5, 0.6) is 0 Å². The van der Waals surface area contributed by atoms with Crippen LogP contribution in [0.3, 0.4) is 0 Å². The number of rotatable bonds is 5. The molecule has 0 N–H and O–H groups in total. The molecule has 1 fully saturated rings. The summed E-state index contributed by atoms with van der Waals surface area (Å²) in [5.41, 5.74) is -5.53. The summed E-state index contributed by atoms with van der Waals surface area (Å²) in [4.78, 5) is 13.5. The molecule has 0 aromatic heterocycles. The number of hydrogen-bond donors (Lipinski definition) is 0. The number of cyclic esters (lactones) is 1. The maximum atomic E-state index is 12.7. The fourth-order valence-electron chi connectivity index (χ4n) is 2.97. The molecule has 0 aliphatic carbocycles. The third-order valence-corrected chi connectivity index (χ3v) is 8.44. The Morgan fingerprint density at radius 1 is 1.32 bits per heavy atom. The van der Waals surface area contributed by atoms with E-state index in [0.29, 0.717) is 0 Å². The number of alkyl halides is 3. The van der Waals surface area contributed by atoms with Gasteiger partial charge >= 0.3 is 175 Å². The Labute approximate surface area is 174 Å². The van der Waals surface area contributed by atoms with Crippen LogP contribution in [0.15, 0.2) is 40.6 Å². The Bertz CT molecular complexity index is 893. The van der Waals surface area contributed by atoms with E-state index < -0.39 is 33.9 Å². The van der Waals surface area contributed by atoms with Gasteiger partial charge in [-0.3, -0.25) is 0 Å². The summed E-state index contributed by atoms with van der Waals surface area (Å²) < 4.78 is 71.7. The second-order valence-electron chi connectivity index (χ2n) is 6.20. The van der Waals surface area contributed by atoms with E-state index in [1.54, 1.807) is 0 Å². The van der Waals surface area contributed by atoms with E-state index in [2.05, 4.69) is 20.1 Å². The fourth-order valence-corrected chi connectivity index (χ4v) is 6.46. The first-order valence-electron chi connectivity index (χ1n) is 8.07. The monoisotopic (exact) mass is 549 g/mol. The van der Waals surface area contributed by atoms with E-state index in [1.807, 2.05) is 37.3 Å². The van der Waals surface area contributed by atoms with Gasteiger partial charge in [0.15, 0.2) is 0 Å². The Kier molecular flexibility index (Phi) is 6.05. The summed E-state index contributed by atoms with van der Waals surface area (Å²) in [7, 11) is -5.79. The topological polar surface area (TPSA) is 72.9 Å². The third kappa shape index (κ3) is 4.34. The number of carbonyl (C=O) groups is 1. The van der Waals surface area contributed by atoms with E-state index >= 15 is 0 Å². The van der Waals surface area contributed by atoms with Crippen LogP contribution < -0.4 is 4.46 Å². The van der Waals surface area contributed by atoms with Gasteiger partial charge in [-0.1, -0.05) is 0 Å².